The highest BCUT2D eigenvalue weighted by molar-refractivity contribution is 5.92. The summed E-state index contributed by atoms with van der Waals surface area (Å²) in [5, 5.41) is 2.82. The molecule has 0 spiro atoms. The Morgan fingerprint density at radius 1 is 1.00 bits per heavy atom. The fourth-order valence-corrected chi connectivity index (χ4v) is 4.30. The second-order valence-electron chi connectivity index (χ2n) is 8.50. The Morgan fingerprint density at radius 2 is 1.67 bits per heavy atom. The number of ether oxygens (including phenoxy) is 1. The smallest absolute Gasteiger partial charge is 0.378 e. The first kappa shape index (κ1) is 23.5. The van der Waals surface area contributed by atoms with Crippen LogP contribution in [0.3, 0.4) is 0 Å². The number of nitrogens with one attached hydrogen (secondary N) is 1. The van der Waals surface area contributed by atoms with Gasteiger partial charge in [-0.1, -0.05) is 12.1 Å². The Bertz CT molecular complexity index is 951. The normalized spacial score (nSPS) is 18.4. The average Bonchev–Trinajstić information content (AvgIpc) is 2.80. The largest absolute Gasteiger partial charge is 0.416 e. The van der Waals surface area contributed by atoms with Crippen molar-refractivity contribution in [1.29, 1.82) is 0 Å². The highest BCUT2D eigenvalue weighted by Gasteiger charge is 2.30. The lowest BCUT2D eigenvalue weighted by Gasteiger charge is -2.31. The number of morpholine rings is 1. The van der Waals surface area contributed by atoms with Gasteiger partial charge < -0.3 is 15.0 Å². The van der Waals surface area contributed by atoms with E-state index in [2.05, 4.69) is 10.2 Å². The molecule has 4 rings (SSSR count). The monoisotopic (exact) mass is 465 g/mol. The average molecular weight is 465 g/mol. The fraction of sp³-hybridized carbons (Fsp3) is 0.458. The number of piperidine rings is 1. The summed E-state index contributed by atoms with van der Waals surface area (Å²) in [4.78, 5) is 16.7. The second-order valence-corrected chi connectivity index (χ2v) is 8.50. The van der Waals surface area contributed by atoms with Crippen LogP contribution < -0.4 is 10.2 Å². The number of rotatable bonds is 5. The lowest BCUT2D eigenvalue weighted by Crippen LogP contribution is -2.38. The van der Waals surface area contributed by atoms with E-state index in [1.807, 2.05) is 4.90 Å². The van der Waals surface area contributed by atoms with E-state index in [-0.39, 0.29) is 17.6 Å². The minimum Gasteiger partial charge on any atom is -0.378 e. The molecule has 5 nitrogen and oxygen atoms in total. The molecule has 0 aliphatic carbocycles. The lowest BCUT2D eigenvalue weighted by atomic mass is 9.95. The van der Waals surface area contributed by atoms with Crippen LogP contribution in [0.5, 0.6) is 0 Å². The van der Waals surface area contributed by atoms with Crippen molar-refractivity contribution in [1.82, 2.24) is 4.90 Å². The molecular weight excluding hydrogens is 438 g/mol. The van der Waals surface area contributed by atoms with Gasteiger partial charge in [0.25, 0.3) is 0 Å². The van der Waals surface area contributed by atoms with E-state index >= 15 is 0 Å². The van der Waals surface area contributed by atoms with E-state index in [4.69, 9.17) is 4.74 Å². The highest BCUT2D eigenvalue weighted by atomic mass is 19.4. The van der Waals surface area contributed by atoms with Crippen LogP contribution in [0.25, 0.3) is 0 Å². The van der Waals surface area contributed by atoms with Crippen LogP contribution in [-0.4, -0.2) is 50.2 Å². The minimum absolute atomic E-state index is 0.136. The number of likely N-dealkylation sites (tertiary alicyclic amines) is 1. The predicted octanol–water partition coefficient (Wildman–Crippen LogP) is 4.53. The van der Waals surface area contributed by atoms with Gasteiger partial charge in [-0.2, -0.15) is 13.2 Å². The Hall–Kier alpha value is -2.65. The summed E-state index contributed by atoms with van der Waals surface area (Å²) in [6, 6.07) is 9.93. The van der Waals surface area contributed by atoms with Crippen molar-refractivity contribution in [3.05, 3.63) is 59.4 Å². The number of benzene rings is 2. The van der Waals surface area contributed by atoms with Crippen LogP contribution >= 0.6 is 0 Å². The number of hydrogen-bond donors (Lipinski definition) is 1. The Labute approximate surface area is 190 Å². The van der Waals surface area contributed by atoms with E-state index in [1.54, 1.807) is 12.1 Å². The van der Waals surface area contributed by atoms with Gasteiger partial charge in [0.1, 0.15) is 5.82 Å². The van der Waals surface area contributed by atoms with Gasteiger partial charge in [-0.05, 0) is 61.8 Å². The number of halogens is 4. The second kappa shape index (κ2) is 10.1. The third-order valence-corrected chi connectivity index (χ3v) is 6.21. The van der Waals surface area contributed by atoms with Gasteiger partial charge in [0.2, 0.25) is 5.91 Å². The summed E-state index contributed by atoms with van der Waals surface area (Å²) < 4.78 is 58.0. The third kappa shape index (κ3) is 6.03. The van der Waals surface area contributed by atoms with Crippen LogP contribution in [0.2, 0.25) is 0 Å². The lowest BCUT2D eigenvalue weighted by molar-refractivity contribution is -0.137. The molecule has 0 aromatic heterocycles. The van der Waals surface area contributed by atoms with Gasteiger partial charge in [-0.15, -0.1) is 0 Å². The van der Waals surface area contributed by atoms with E-state index in [1.165, 1.54) is 18.2 Å². The molecule has 33 heavy (non-hydrogen) atoms. The van der Waals surface area contributed by atoms with Crippen molar-refractivity contribution in [2.45, 2.75) is 25.6 Å². The topological polar surface area (TPSA) is 44.8 Å². The zero-order valence-electron chi connectivity index (χ0n) is 18.2. The molecule has 178 valence electrons. The summed E-state index contributed by atoms with van der Waals surface area (Å²) in [6.45, 7) is 4.28. The first-order valence-corrected chi connectivity index (χ1v) is 11.1. The van der Waals surface area contributed by atoms with Crippen molar-refractivity contribution >= 4 is 17.3 Å². The summed E-state index contributed by atoms with van der Waals surface area (Å²) >= 11 is 0. The molecule has 0 radical (unpaired) electrons. The summed E-state index contributed by atoms with van der Waals surface area (Å²) in [6.07, 6.45) is -3.06. The number of nitrogens with zero attached hydrogens (tertiary/aromatic N) is 2. The quantitative estimate of drug-likeness (QED) is 0.659. The SMILES string of the molecule is O=C(Nc1ccc(N2CCOCC2)c(F)c1)C1CCN(Cc2ccc(C(F)(F)F)cc2)CC1. The number of carbonyl (C=O) groups excluding carboxylic acids is 1. The van der Waals surface area contributed by atoms with Crippen LogP contribution in [0.15, 0.2) is 42.5 Å². The first-order valence-electron chi connectivity index (χ1n) is 11.1. The molecule has 2 aromatic rings. The Morgan fingerprint density at radius 3 is 2.27 bits per heavy atom. The minimum atomic E-state index is -4.34. The van der Waals surface area contributed by atoms with Gasteiger partial charge in [-0.25, -0.2) is 4.39 Å². The van der Waals surface area contributed by atoms with Crippen LogP contribution in [0.4, 0.5) is 28.9 Å². The molecule has 2 heterocycles. The molecule has 9 heteroatoms. The van der Waals surface area contributed by atoms with Crippen molar-refractivity contribution < 1.29 is 27.1 Å². The van der Waals surface area contributed by atoms with E-state index in [0.29, 0.717) is 70.2 Å². The summed E-state index contributed by atoms with van der Waals surface area (Å²) in [5.41, 5.74) is 1.09. The molecule has 2 aromatic carbocycles. The highest BCUT2D eigenvalue weighted by Crippen LogP contribution is 2.30. The molecular formula is C24H27F4N3O2. The third-order valence-electron chi connectivity index (χ3n) is 6.21. The molecule has 1 N–H and O–H groups in total. The van der Waals surface area contributed by atoms with Crippen molar-refractivity contribution in [3.63, 3.8) is 0 Å². The zero-order chi connectivity index (χ0) is 23.4. The number of alkyl halides is 3. The number of anilines is 2. The number of amides is 1. The molecule has 2 aliphatic rings. The van der Waals surface area contributed by atoms with Gasteiger partial charge in [0.15, 0.2) is 0 Å². The standard InChI is InChI=1S/C24H27F4N3O2/c25-21-15-20(5-6-22(21)31-11-13-33-14-12-31)29-23(32)18-7-9-30(10-8-18)16-17-1-3-19(4-2-17)24(26,27)28/h1-6,15,18H,7-14,16H2,(H,29,32). The Kier molecular flexibility index (Phi) is 7.19. The van der Waals surface area contributed by atoms with Gasteiger partial charge in [0.05, 0.1) is 24.5 Å². The molecule has 0 saturated carbocycles. The summed E-state index contributed by atoms with van der Waals surface area (Å²) in [5.74, 6) is -0.695. The van der Waals surface area contributed by atoms with E-state index < -0.39 is 11.7 Å². The maximum Gasteiger partial charge on any atom is 0.416 e. The predicted molar refractivity (Wildman–Crippen MR) is 118 cm³/mol. The molecule has 2 saturated heterocycles. The van der Waals surface area contributed by atoms with Gasteiger partial charge >= 0.3 is 6.18 Å². The van der Waals surface area contributed by atoms with Crippen molar-refractivity contribution in [2.24, 2.45) is 5.92 Å². The van der Waals surface area contributed by atoms with Gasteiger partial charge in [-0.3, -0.25) is 9.69 Å². The van der Waals surface area contributed by atoms with Crippen LogP contribution in [-0.2, 0) is 22.3 Å². The maximum absolute atomic E-state index is 14.6. The molecule has 0 atom stereocenters. The Balaban J connectivity index is 1.26. The van der Waals surface area contributed by atoms with Crippen LogP contribution in [0.1, 0.15) is 24.0 Å². The van der Waals surface area contributed by atoms with Crippen molar-refractivity contribution in [2.75, 3.05) is 49.6 Å². The molecule has 2 aliphatic heterocycles. The maximum atomic E-state index is 14.6. The number of hydrogen-bond acceptors (Lipinski definition) is 4. The molecule has 0 unspecified atom stereocenters. The summed E-state index contributed by atoms with van der Waals surface area (Å²) in [7, 11) is 0. The first-order chi connectivity index (χ1) is 15.8. The van der Waals surface area contributed by atoms with Gasteiger partial charge in [0, 0.05) is 31.2 Å². The molecule has 1 amide bonds. The molecule has 2 fully saturated rings. The van der Waals surface area contributed by atoms with Crippen LogP contribution in [0, 0.1) is 11.7 Å². The zero-order valence-corrected chi connectivity index (χ0v) is 18.2. The fourth-order valence-electron chi connectivity index (χ4n) is 4.30. The van der Waals surface area contributed by atoms with E-state index in [9.17, 15) is 22.4 Å². The molecule has 0 bridgehead atoms. The number of carbonyl (C=O) groups is 1. The van der Waals surface area contributed by atoms with E-state index in [0.717, 1.165) is 17.7 Å². The van der Waals surface area contributed by atoms with Crippen molar-refractivity contribution in [3.8, 4) is 0 Å².